The fourth-order valence-corrected chi connectivity index (χ4v) is 9.98. The molecule has 0 saturated heterocycles. The lowest BCUT2D eigenvalue weighted by Gasteiger charge is -2.57. The predicted octanol–water partition coefficient (Wildman–Crippen LogP) is 10.3. The summed E-state index contributed by atoms with van der Waals surface area (Å²) in [5, 5.41) is 11.9. The fourth-order valence-electron chi connectivity index (χ4n) is 9.98. The monoisotopic (exact) mass is 633 g/mol. The molecule has 0 amide bonds. The van der Waals surface area contributed by atoms with Gasteiger partial charge in [-0.3, -0.25) is 0 Å². The quantitative estimate of drug-likeness (QED) is 0.189. The van der Waals surface area contributed by atoms with Gasteiger partial charge in [0.1, 0.15) is 0 Å². The third-order valence-corrected chi connectivity index (χ3v) is 11.6. The predicted molar refractivity (Wildman–Crippen MR) is 195 cm³/mol. The summed E-state index contributed by atoms with van der Waals surface area (Å²) in [5.41, 5.74) is 8.46. The normalized spacial score (nSPS) is 22.5. The lowest BCUT2D eigenvalue weighted by Crippen LogP contribution is -2.48. The Kier molecular flexibility index (Phi) is 6.36. The van der Waals surface area contributed by atoms with Crippen molar-refractivity contribution in [3.05, 3.63) is 132 Å². The van der Waals surface area contributed by atoms with Gasteiger partial charge in [0.15, 0.2) is 17.5 Å². The summed E-state index contributed by atoms with van der Waals surface area (Å²) >= 11 is 0. The largest absolute Gasteiger partial charge is 0.309 e. The number of aromatic nitrogens is 4. The first-order valence-electron chi connectivity index (χ1n) is 17.6. The third-order valence-electron chi connectivity index (χ3n) is 11.6. The van der Waals surface area contributed by atoms with Crippen LogP contribution in [0.1, 0.15) is 49.7 Å². The first-order valence-corrected chi connectivity index (χ1v) is 17.6. The SMILES string of the molecule is N#Cc1cccc(-n2c3ccccc3c3c(-c4nc(-c5ccccc5)nc(-c5ccc(C67CC8CC(CC(C8)C6)C7)cc5)n4)cccc32)c1. The number of nitrogens with zero attached hydrogens (tertiary/aromatic N) is 5. The highest BCUT2D eigenvalue weighted by molar-refractivity contribution is 6.15. The van der Waals surface area contributed by atoms with Crippen LogP contribution in [0.4, 0.5) is 0 Å². The molecule has 4 aliphatic carbocycles. The smallest absolute Gasteiger partial charge is 0.164 e. The molecule has 4 saturated carbocycles. The van der Waals surface area contributed by atoms with E-state index in [1.807, 2.05) is 36.4 Å². The van der Waals surface area contributed by atoms with E-state index >= 15 is 0 Å². The highest BCUT2D eigenvalue weighted by atomic mass is 15.0. The molecule has 49 heavy (non-hydrogen) atoms. The molecule has 4 aliphatic rings. The summed E-state index contributed by atoms with van der Waals surface area (Å²) in [6.07, 6.45) is 8.40. The van der Waals surface area contributed by atoms with E-state index in [4.69, 9.17) is 15.0 Å². The van der Waals surface area contributed by atoms with Crippen molar-refractivity contribution in [1.29, 1.82) is 5.26 Å². The van der Waals surface area contributed by atoms with Crippen molar-refractivity contribution in [1.82, 2.24) is 19.5 Å². The second-order valence-corrected chi connectivity index (χ2v) is 14.7. The van der Waals surface area contributed by atoms with Gasteiger partial charge in [-0.25, -0.2) is 15.0 Å². The summed E-state index contributed by atoms with van der Waals surface area (Å²) in [4.78, 5) is 15.4. The molecule has 0 spiro atoms. The van der Waals surface area contributed by atoms with E-state index in [0.717, 1.165) is 61.9 Å². The molecule has 0 unspecified atom stereocenters. The van der Waals surface area contributed by atoms with Crippen LogP contribution in [0.25, 0.3) is 61.7 Å². The average Bonchev–Trinajstić information content (AvgIpc) is 3.49. The molecule has 11 rings (SSSR count). The van der Waals surface area contributed by atoms with Crippen molar-refractivity contribution in [2.75, 3.05) is 0 Å². The van der Waals surface area contributed by atoms with Gasteiger partial charge in [0.2, 0.25) is 0 Å². The Morgan fingerprint density at radius 3 is 1.92 bits per heavy atom. The van der Waals surface area contributed by atoms with Gasteiger partial charge in [0.25, 0.3) is 0 Å². The Balaban J connectivity index is 1.14. The molecule has 4 bridgehead atoms. The molecule has 4 fully saturated rings. The third kappa shape index (κ3) is 4.62. The molecule has 7 aromatic rings. The molecular formula is C44H35N5. The lowest BCUT2D eigenvalue weighted by atomic mass is 9.48. The minimum Gasteiger partial charge on any atom is -0.309 e. The topological polar surface area (TPSA) is 67.4 Å². The maximum Gasteiger partial charge on any atom is 0.164 e. The molecule has 0 radical (unpaired) electrons. The zero-order chi connectivity index (χ0) is 32.5. The summed E-state index contributed by atoms with van der Waals surface area (Å²) in [6, 6.07) is 44.3. The van der Waals surface area contributed by atoms with E-state index in [2.05, 4.69) is 95.6 Å². The van der Waals surface area contributed by atoms with Crippen molar-refractivity contribution in [3.8, 4) is 45.9 Å². The van der Waals surface area contributed by atoms with Crippen molar-refractivity contribution in [3.63, 3.8) is 0 Å². The first kappa shape index (κ1) is 28.4. The summed E-state index contributed by atoms with van der Waals surface area (Å²) in [5.74, 6) is 4.73. The van der Waals surface area contributed by atoms with Gasteiger partial charge in [-0.1, -0.05) is 91.0 Å². The van der Waals surface area contributed by atoms with Crippen LogP contribution in [0.2, 0.25) is 0 Å². The van der Waals surface area contributed by atoms with Gasteiger partial charge in [-0.15, -0.1) is 0 Å². The maximum absolute atomic E-state index is 9.67. The Bertz CT molecular complexity index is 2400. The summed E-state index contributed by atoms with van der Waals surface area (Å²) in [7, 11) is 0. The number of benzene rings is 5. The van der Waals surface area contributed by atoms with Crippen LogP contribution in [0, 0.1) is 29.1 Å². The molecule has 5 nitrogen and oxygen atoms in total. The fraction of sp³-hybridized carbons (Fsp3) is 0.227. The van der Waals surface area contributed by atoms with Gasteiger partial charge < -0.3 is 4.57 Å². The number of rotatable bonds is 5. The van der Waals surface area contributed by atoms with Crippen LogP contribution in [0.5, 0.6) is 0 Å². The van der Waals surface area contributed by atoms with Gasteiger partial charge in [0, 0.05) is 33.2 Å². The minimum absolute atomic E-state index is 0.351. The van der Waals surface area contributed by atoms with Crippen molar-refractivity contribution in [2.24, 2.45) is 17.8 Å². The zero-order valence-corrected chi connectivity index (χ0v) is 27.3. The van der Waals surface area contributed by atoms with Crippen LogP contribution in [-0.4, -0.2) is 19.5 Å². The standard InChI is InChI=1S/C44H35N5/c45-27-28-8-6-11-35(23-28)49-38-14-5-4-12-36(38)40-37(13-7-15-39(40)49)43-47-41(32-9-2-1-3-10-32)46-42(48-43)33-16-18-34(19-17-33)44-24-29-20-30(25-44)22-31(21-29)26-44/h1-19,23,29-31H,20-22,24-26H2. The van der Waals surface area contributed by atoms with Crippen molar-refractivity contribution < 1.29 is 0 Å². The van der Waals surface area contributed by atoms with Crippen molar-refractivity contribution >= 4 is 21.8 Å². The zero-order valence-electron chi connectivity index (χ0n) is 27.3. The average molecular weight is 634 g/mol. The summed E-state index contributed by atoms with van der Waals surface area (Å²) in [6.45, 7) is 0. The number of nitriles is 1. The molecule has 236 valence electrons. The number of para-hydroxylation sites is 1. The second kappa shape index (κ2) is 11.0. The van der Waals surface area contributed by atoms with Crippen LogP contribution >= 0.6 is 0 Å². The van der Waals surface area contributed by atoms with E-state index in [1.165, 1.54) is 44.1 Å². The van der Waals surface area contributed by atoms with Crippen LogP contribution in [0.3, 0.4) is 0 Å². The number of hydrogen-bond acceptors (Lipinski definition) is 4. The minimum atomic E-state index is 0.351. The Labute approximate surface area is 285 Å². The Hall–Kier alpha value is -5.60. The molecular weight excluding hydrogens is 599 g/mol. The molecule has 0 atom stereocenters. The van der Waals surface area contributed by atoms with Gasteiger partial charge >= 0.3 is 0 Å². The highest BCUT2D eigenvalue weighted by Crippen LogP contribution is 2.60. The highest BCUT2D eigenvalue weighted by Gasteiger charge is 2.51. The molecule has 5 aromatic carbocycles. The second-order valence-electron chi connectivity index (χ2n) is 14.7. The maximum atomic E-state index is 9.67. The van der Waals surface area contributed by atoms with Gasteiger partial charge in [-0.2, -0.15) is 5.26 Å². The Morgan fingerprint density at radius 2 is 1.20 bits per heavy atom. The van der Waals surface area contributed by atoms with E-state index in [-0.39, 0.29) is 0 Å². The molecule has 0 aliphatic heterocycles. The number of fused-ring (bicyclic) bond motifs is 3. The molecule has 0 N–H and O–H groups in total. The Morgan fingerprint density at radius 1 is 0.592 bits per heavy atom. The van der Waals surface area contributed by atoms with E-state index < -0.39 is 0 Å². The number of hydrogen-bond donors (Lipinski definition) is 0. The van der Waals surface area contributed by atoms with Crippen LogP contribution in [0.15, 0.2) is 121 Å². The van der Waals surface area contributed by atoms with Crippen LogP contribution < -0.4 is 0 Å². The van der Waals surface area contributed by atoms with Crippen molar-refractivity contribution in [2.45, 2.75) is 43.9 Å². The summed E-state index contributed by atoms with van der Waals surface area (Å²) < 4.78 is 2.23. The molecule has 2 heterocycles. The van der Waals surface area contributed by atoms with Crippen LogP contribution in [-0.2, 0) is 5.41 Å². The van der Waals surface area contributed by atoms with E-state index in [9.17, 15) is 5.26 Å². The lowest BCUT2D eigenvalue weighted by molar-refractivity contribution is -0.00518. The van der Waals surface area contributed by atoms with E-state index in [1.54, 1.807) is 0 Å². The van der Waals surface area contributed by atoms with Gasteiger partial charge in [0.05, 0.1) is 22.7 Å². The molecule has 2 aromatic heterocycles. The van der Waals surface area contributed by atoms with Gasteiger partial charge in [-0.05, 0) is 97.6 Å². The van der Waals surface area contributed by atoms with E-state index in [0.29, 0.717) is 28.5 Å². The first-order chi connectivity index (χ1) is 24.1. The molecule has 5 heteroatoms.